The number of Topliss-reactive ketones (excluding diaryl/α,β-unsaturated/α-hetero) is 1. The topological polar surface area (TPSA) is 54.0 Å². The molecule has 0 aliphatic rings. The maximum Gasteiger partial charge on any atom is 0.188 e. The molecular formula is C13H6BrClFNO2. The number of carbonyl (C=O) groups excluding carboxylic acids is 1. The summed E-state index contributed by atoms with van der Waals surface area (Å²) in [7, 11) is 0. The molecule has 1 heterocycles. The number of ketones is 1. The molecule has 1 aromatic heterocycles. The van der Waals surface area contributed by atoms with Crippen LogP contribution in [-0.2, 0) is 0 Å². The molecule has 0 saturated carbocycles. The lowest BCUT2D eigenvalue weighted by atomic mass is 9.92. The van der Waals surface area contributed by atoms with Crippen molar-refractivity contribution in [2.75, 3.05) is 0 Å². The molecular weight excluding hydrogens is 337 g/mol. The molecule has 2 rings (SSSR count). The molecule has 6 heteroatoms. The van der Waals surface area contributed by atoms with E-state index in [1.54, 1.807) is 6.07 Å². The normalized spacial score (nSPS) is 11.9. The maximum absolute atomic E-state index is 13.9. The summed E-state index contributed by atoms with van der Waals surface area (Å²) in [5.74, 6) is -2.58. The molecule has 0 aliphatic carbocycles. The van der Waals surface area contributed by atoms with Gasteiger partial charge in [-0.3, -0.25) is 4.79 Å². The lowest BCUT2D eigenvalue weighted by Gasteiger charge is -2.09. The van der Waals surface area contributed by atoms with E-state index in [2.05, 4.69) is 15.9 Å². The highest BCUT2D eigenvalue weighted by atomic mass is 79.9. The Balaban J connectivity index is 2.47. The fourth-order valence-corrected chi connectivity index (χ4v) is 2.26. The zero-order valence-electron chi connectivity index (χ0n) is 9.36. The Morgan fingerprint density at radius 2 is 2.21 bits per heavy atom. The van der Waals surface area contributed by atoms with Crippen molar-refractivity contribution in [2.45, 2.75) is 5.92 Å². The standard InChI is InChI=1S/C13H6BrClFNO2/c14-13-8(4-5-19-13)12(18)9(6-17)7-2-1-3-10(15)11(7)16/h1-5,9H. The van der Waals surface area contributed by atoms with Gasteiger partial charge in [0.2, 0.25) is 0 Å². The lowest BCUT2D eigenvalue weighted by Crippen LogP contribution is -2.12. The van der Waals surface area contributed by atoms with E-state index in [1.165, 1.54) is 30.5 Å². The minimum atomic E-state index is -1.27. The van der Waals surface area contributed by atoms with Crippen molar-refractivity contribution < 1.29 is 13.6 Å². The van der Waals surface area contributed by atoms with Crippen LogP contribution in [0.5, 0.6) is 0 Å². The van der Waals surface area contributed by atoms with Crippen LogP contribution >= 0.6 is 27.5 Å². The molecule has 96 valence electrons. The largest absolute Gasteiger partial charge is 0.457 e. The Kier molecular flexibility index (Phi) is 4.03. The van der Waals surface area contributed by atoms with Gasteiger partial charge < -0.3 is 4.42 Å². The van der Waals surface area contributed by atoms with Gasteiger partial charge in [-0.25, -0.2) is 4.39 Å². The lowest BCUT2D eigenvalue weighted by molar-refractivity contribution is 0.0976. The van der Waals surface area contributed by atoms with E-state index in [4.69, 9.17) is 21.3 Å². The molecule has 1 aromatic carbocycles. The van der Waals surface area contributed by atoms with Gasteiger partial charge in [0, 0.05) is 5.56 Å². The van der Waals surface area contributed by atoms with Gasteiger partial charge in [-0.2, -0.15) is 5.26 Å². The van der Waals surface area contributed by atoms with Crippen LogP contribution < -0.4 is 0 Å². The average Bonchev–Trinajstić information content (AvgIpc) is 2.81. The van der Waals surface area contributed by atoms with Gasteiger partial charge in [-0.05, 0) is 28.1 Å². The van der Waals surface area contributed by atoms with Crippen LogP contribution in [0, 0.1) is 17.1 Å². The molecule has 0 spiro atoms. The molecule has 0 N–H and O–H groups in total. The maximum atomic E-state index is 13.9. The highest BCUT2D eigenvalue weighted by Gasteiger charge is 2.28. The number of hydrogen-bond acceptors (Lipinski definition) is 3. The third-order valence-electron chi connectivity index (χ3n) is 2.57. The van der Waals surface area contributed by atoms with Crippen LogP contribution in [0.1, 0.15) is 21.8 Å². The molecule has 3 nitrogen and oxygen atoms in total. The molecule has 0 bridgehead atoms. The second-order valence-electron chi connectivity index (χ2n) is 3.68. The number of nitrogens with zero attached hydrogens (tertiary/aromatic N) is 1. The molecule has 0 saturated heterocycles. The minimum absolute atomic E-state index is 0.0481. The zero-order chi connectivity index (χ0) is 14.0. The summed E-state index contributed by atoms with van der Waals surface area (Å²) in [5.41, 5.74) is 0.138. The van der Waals surface area contributed by atoms with Gasteiger partial charge in [-0.15, -0.1) is 0 Å². The molecule has 0 amide bonds. The van der Waals surface area contributed by atoms with E-state index < -0.39 is 17.5 Å². The van der Waals surface area contributed by atoms with Crippen LogP contribution in [0.25, 0.3) is 0 Å². The van der Waals surface area contributed by atoms with Gasteiger partial charge in [-0.1, -0.05) is 23.7 Å². The Labute approximate surface area is 121 Å². The van der Waals surface area contributed by atoms with E-state index in [-0.39, 0.29) is 20.8 Å². The molecule has 1 unspecified atom stereocenters. The summed E-state index contributed by atoms with van der Waals surface area (Å²) >= 11 is 8.71. The predicted octanol–water partition coefficient (Wildman–Crippen LogP) is 4.32. The summed E-state index contributed by atoms with van der Waals surface area (Å²) in [6, 6.07) is 7.41. The third-order valence-corrected chi connectivity index (χ3v) is 3.47. The molecule has 19 heavy (non-hydrogen) atoms. The number of rotatable bonds is 3. The third kappa shape index (κ3) is 2.55. The molecule has 0 fully saturated rings. The van der Waals surface area contributed by atoms with Crippen LogP contribution in [0.15, 0.2) is 39.6 Å². The second kappa shape index (κ2) is 5.55. The van der Waals surface area contributed by atoms with Crippen molar-refractivity contribution >= 4 is 33.3 Å². The SMILES string of the molecule is N#CC(C(=O)c1ccoc1Br)c1cccc(Cl)c1F. The average molecular weight is 343 g/mol. The quantitative estimate of drug-likeness (QED) is 0.780. The van der Waals surface area contributed by atoms with Gasteiger partial charge in [0.25, 0.3) is 0 Å². The highest BCUT2D eigenvalue weighted by Crippen LogP contribution is 2.29. The van der Waals surface area contributed by atoms with Crippen molar-refractivity contribution in [2.24, 2.45) is 0 Å². The van der Waals surface area contributed by atoms with Crippen LogP contribution in [-0.4, -0.2) is 5.78 Å². The Hall–Kier alpha value is -1.64. The van der Waals surface area contributed by atoms with Crippen LogP contribution in [0.3, 0.4) is 0 Å². The van der Waals surface area contributed by atoms with E-state index >= 15 is 0 Å². The summed E-state index contributed by atoms with van der Waals surface area (Å²) < 4.78 is 19.0. The van der Waals surface area contributed by atoms with E-state index in [0.29, 0.717) is 0 Å². The van der Waals surface area contributed by atoms with E-state index in [1.807, 2.05) is 0 Å². The van der Waals surface area contributed by atoms with Gasteiger partial charge in [0.1, 0.15) is 11.7 Å². The molecule has 0 aliphatic heterocycles. The number of halogens is 3. The highest BCUT2D eigenvalue weighted by molar-refractivity contribution is 9.10. The summed E-state index contributed by atoms with van der Waals surface area (Å²) in [6.45, 7) is 0. The Morgan fingerprint density at radius 1 is 1.47 bits per heavy atom. The fraction of sp³-hybridized carbons (Fsp3) is 0.0769. The zero-order valence-corrected chi connectivity index (χ0v) is 11.7. The first kappa shape index (κ1) is 13.8. The number of furan rings is 1. The number of benzene rings is 1. The smallest absolute Gasteiger partial charge is 0.188 e. The van der Waals surface area contributed by atoms with Crippen LogP contribution in [0.4, 0.5) is 4.39 Å². The number of hydrogen-bond donors (Lipinski definition) is 0. The first-order valence-electron chi connectivity index (χ1n) is 5.17. The van der Waals surface area contributed by atoms with Gasteiger partial charge in [0.15, 0.2) is 10.5 Å². The predicted molar refractivity (Wildman–Crippen MR) is 70.5 cm³/mol. The first-order chi connectivity index (χ1) is 9.06. The minimum Gasteiger partial charge on any atom is -0.457 e. The Morgan fingerprint density at radius 3 is 2.79 bits per heavy atom. The first-order valence-corrected chi connectivity index (χ1v) is 6.34. The monoisotopic (exact) mass is 341 g/mol. The second-order valence-corrected chi connectivity index (χ2v) is 4.80. The van der Waals surface area contributed by atoms with Crippen molar-refractivity contribution in [1.82, 2.24) is 0 Å². The molecule has 2 aromatic rings. The number of carbonyl (C=O) groups is 1. The van der Waals surface area contributed by atoms with Crippen molar-refractivity contribution in [3.63, 3.8) is 0 Å². The summed E-state index contributed by atoms with van der Waals surface area (Å²) in [6.07, 6.45) is 1.31. The number of nitriles is 1. The van der Waals surface area contributed by atoms with Crippen molar-refractivity contribution in [3.05, 3.63) is 57.2 Å². The summed E-state index contributed by atoms with van der Waals surface area (Å²) in [5, 5.41) is 9.00. The van der Waals surface area contributed by atoms with E-state index in [9.17, 15) is 9.18 Å². The van der Waals surface area contributed by atoms with Gasteiger partial charge in [0.05, 0.1) is 22.9 Å². The molecule has 0 radical (unpaired) electrons. The van der Waals surface area contributed by atoms with Crippen molar-refractivity contribution in [3.8, 4) is 6.07 Å². The van der Waals surface area contributed by atoms with E-state index in [0.717, 1.165) is 0 Å². The van der Waals surface area contributed by atoms with Gasteiger partial charge >= 0.3 is 0 Å². The Bertz CT molecular complexity index is 678. The molecule has 1 atom stereocenters. The summed E-state index contributed by atoms with van der Waals surface area (Å²) in [4.78, 5) is 12.2. The van der Waals surface area contributed by atoms with Crippen LogP contribution in [0.2, 0.25) is 5.02 Å². The van der Waals surface area contributed by atoms with Crippen molar-refractivity contribution in [1.29, 1.82) is 5.26 Å². The fourth-order valence-electron chi connectivity index (χ4n) is 1.64.